The Kier molecular flexibility index (Phi) is 18.4. The van der Waals surface area contributed by atoms with E-state index >= 15 is 0 Å². The molecule has 20 heteroatoms. The Hall–Kier alpha value is -3.48. The molecule has 4 aromatic heterocycles. The molecule has 0 radical (unpaired) electrons. The normalized spacial score (nSPS) is 10.2. The maximum Gasteiger partial charge on any atom is 0.266 e. The third-order valence-corrected chi connectivity index (χ3v) is 8.17. The van der Waals surface area contributed by atoms with Crippen LogP contribution in [-0.4, -0.2) is 56.2 Å². The van der Waals surface area contributed by atoms with E-state index in [9.17, 15) is 8.42 Å². The fourth-order valence-electron chi connectivity index (χ4n) is 3.40. The van der Waals surface area contributed by atoms with Crippen molar-refractivity contribution >= 4 is 55.0 Å². The summed E-state index contributed by atoms with van der Waals surface area (Å²) in [6.45, 7) is 6.68. The number of nitrogens with one attached hydrogen (secondary N) is 2. The quantitative estimate of drug-likeness (QED) is 0.0998. The fraction of sp³-hybridized carbons (Fsp3) is 0.214. The van der Waals surface area contributed by atoms with Crippen LogP contribution in [0.15, 0.2) is 79.5 Å². The summed E-state index contributed by atoms with van der Waals surface area (Å²) in [4.78, 5) is 13.2. The van der Waals surface area contributed by atoms with Crippen LogP contribution in [0.25, 0.3) is 22.8 Å². The monoisotopic (exact) mass is 779 g/mol. The van der Waals surface area contributed by atoms with Gasteiger partial charge in [-0.15, -0.1) is 0 Å². The number of benzene rings is 2. The number of hydrogen-bond donors (Lipinski definition) is 2. The number of hydrogen-bond acceptors (Lipinski definition) is 13. The van der Waals surface area contributed by atoms with Crippen molar-refractivity contribution in [2.45, 2.75) is 44.9 Å². The molecule has 4 heterocycles. The van der Waals surface area contributed by atoms with Crippen molar-refractivity contribution < 1.29 is 39.1 Å². The van der Waals surface area contributed by atoms with Crippen LogP contribution in [0.4, 0.5) is 0 Å². The number of aromatic nitrogens is 8. The largest absolute Gasteiger partial charge is 1.00 e. The van der Waals surface area contributed by atoms with Crippen molar-refractivity contribution in [1.29, 1.82) is 0 Å². The third kappa shape index (κ3) is 13.2. The molecule has 2 N–H and O–H groups in total. The van der Waals surface area contributed by atoms with Gasteiger partial charge in [-0.2, -0.15) is 24.5 Å². The summed E-state index contributed by atoms with van der Waals surface area (Å²) in [5.41, 5.74) is 3.02. The van der Waals surface area contributed by atoms with Crippen molar-refractivity contribution in [3.8, 4) is 22.8 Å². The number of nitrogens with zero attached hydrogens (tertiary/aromatic N) is 6. The summed E-state index contributed by atoms with van der Waals surface area (Å²) in [6, 6.07) is 19.3. The molecule has 0 saturated heterocycles. The summed E-state index contributed by atoms with van der Waals surface area (Å²) in [5.74, 6) is 2.21. The number of rotatable bonds is 6. The highest BCUT2D eigenvalue weighted by atomic mass is 35.7. The van der Waals surface area contributed by atoms with E-state index in [0.29, 0.717) is 22.2 Å². The highest BCUT2D eigenvalue weighted by molar-refractivity contribution is 8.13. The molecule has 6 aromatic rings. The lowest BCUT2D eigenvalue weighted by molar-refractivity contribution is -0.160. The molecule has 0 aliphatic heterocycles. The van der Waals surface area contributed by atoms with Crippen LogP contribution in [0, 0.1) is 27.7 Å². The van der Waals surface area contributed by atoms with Crippen LogP contribution in [0.5, 0.6) is 0 Å². The summed E-state index contributed by atoms with van der Waals surface area (Å²) in [5, 5.41) is 20.8. The first kappa shape index (κ1) is 42.5. The molecule has 0 aliphatic rings. The average Bonchev–Trinajstić information content (AvgIpc) is 3.82. The van der Waals surface area contributed by atoms with E-state index in [1.807, 2.05) is 74.5 Å². The van der Waals surface area contributed by atoms with Gasteiger partial charge in [-0.1, -0.05) is 78.4 Å². The minimum atomic E-state index is -3.70. The van der Waals surface area contributed by atoms with E-state index in [1.165, 1.54) is 21.0 Å². The molecule has 0 bridgehead atoms. The zero-order valence-electron chi connectivity index (χ0n) is 25.2. The van der Waals surface area contributed by atoms with E-state index < -0.39 is 9.05 Å². The Morgan fingerprint density at radius 1 is 0.750 bits per heavy atom. The van der Waals surface area contributed by atoms with Crippen molar-refractivity contribution in [1.82, 2.24) is 40.7 Å². The molecule has 0 aliphatic carbocycles. The van der Waals surface area contributed by atoms with Gasteiger partial charge in [0.25, 0.3) is 9.05 Å². The SMILES string of the molecule is C.COOSc1c(C)noc1C.Cc1noc(C)c1S(=O)(=O)Cl.Clc1nc(-c2ccccc2)n[nH]1.Clc1nc(-c2ccccc2)n[nH]1.[Cl-]. The summed E-state index contributed by atoms with van der Waals surface area (Å²) in [6.07, 6.45) is 0. The van der Waals surface area contributed by atoms with Gasteiger partial charge in [0.2, 0.25) is 10.6 Å². The highest BCUT2D eigenvalue weighted by Crippen LogP contribution is 2.26. The predicted molar refractivity (Wildman–Crippen MR) is 179 cm³/mol. The molecule has 48 heavy (non-hydrogen) atoms. The number of aryl methyl sites for hydroxylation is 4. The maximum atomic E-state index is 10.8. The molecule has 260 valence electrons. The first-order chi connectivity index (χ1) is 21.9. The molecule has 0 saturated carbocycles. The van der Waals surface area contributed by atoms with Crippen LogP contribution in [-0.2, 0) is 18.3 Å². The lowest BCUT2D eigenvalue weighted by Crippen LogP contribution is -3.00. The van der Waals surface area contributed by atoms with Gasteiger partial charge in [-0.3, -0.25) is 0 Å². The van der Waals surface area contributed by atoms with Crippen LogP contribution in [0.1, 0.15) is 30.3 Å². The molecule has 6 rings (SSSR count). The average molecular weight is 782 g/mol. The number of H-pyrrole nitrogens is 2. The van der Waals surface area contributed by atoms with Gasteiger partial charge in [0.1, 0.15) is 21.2 Å². The maximum absolute atomic E-state index is 10.8. The van der Waals surface area contributed by atoms with Crippen LogP contribution >= 0.6 is 45.9 Å². The smallest absolute Gasteiger partial charge is 0.266 e. The second-order valence-corrected chi connectivity index (χ2v) is 12.6. The molecule has 0 atom stereocenters. The van der Waals surface area contributed by atoms with Gasteiger partial charge in [0.05, 0.1) is 24.8 Å². The molecule has 0 fully saturated rings. The van der Waals surface area contributed by atoms with Gasteiger partial charge in [0, 0.05) is 21.8 Å². The third-order valence-electron chi connectivity index (χ3n) is 5.35. The zero-order chi connectivity index (χ0) is 33.7. The van der Waals surface area contributed by atoms with Gasteiger partial charge >= 0.3 is 0 Å². The van der Waals surface area contributed by atoms with Crippen molar-refractivity contribution in [2.24, 2.45) is 0 Å². The minimum Gasteiger partial charge on any atom is -1.00 e. The van der Waals surface area contributed by atoms with Crippen LogP contribution < -0.4 is 12.4 Å². The van der Waals surface area contributed by atoms with Crippen molar-refractivity contribution in [3.05, 3.63) is 94.1 Å². The van der Waals surface area contributed by atoms with Crippen LogP contribution in [0.2, 0.25) is 10.6 Å². The molecule has 0 amide bonds. The van der Waals surface area contributed by atoms with E-state index in [1.54, 1.807) is 0 Å². The molecule has 2 aromatic carbocycles. The molecule has 0 unspecified atom stereocenters. The Morgan fingerprint density at radius 2 is 1.19 bits per heavy atom. The highest BCUT2D eigenvalue weighted by Gasteiger charge is 2.21. The molecule has 0 spiro atoms. The second-order valence-electron chi connectivity index (χ2n) is 8.69. The number of aromatic amines is 2. The van der Waals surface area contributed by atoms with E-state index in [0.717, 1.165) is 39.5 Å². The fourth-order valence-corrected chi connectivity index (χ4v) is 5.53. The molecule has 14 nitrogen and oxygen atoms in total. The second kappa shape index (κ2) is 20.8. The summed E-state index contributed by atoms with van der Waals surface area (Å²) >= 11 is 12.3. The van der Waals surface area contributed by atoms with Crippen molar-refractivity contribution in [2.75, 3.05) is 7.11 Å². The van der Waals surface area contributed by atoms with Gasteiger partial charge in [-0.25, -0.2) is 23.5 Å². The van der Waals surface area contributed by atoms with E-state index in [4.69, 9.17) is 38.4 Å². The summed E-state index contributed by atoms with van der Waals surface area (Å²) in [7, 11) is 2.83. The van der Waals surface area contributed by atoms with Gasteiger partial charge in [-0.05, 0) is 50.9 Å². The topological polar surface area (TPSA) is 188 Å². The van der Waals surface area contributed by atoms with E-state index in [-0.39, 0.29) is 36.2 Å². The molecular formula is C28H31Cl4N8O6S2-. The van der Waals surface area contributed by atoms with Gasteiger partial charge < -0.3 is 21.5 Å². The zero-order valence-corrected chi connectivity index (χ0v) is 29.9. The van der Waals surface area contributed by atoms with Crippen molar-refractivity contribution in [3.63, 3.8) is 0 Å². The van der Waals surface area contributed by atoms with Crippen LogP contribution in [0.3, 0.4) is 0 Å². The lowest BCUT2D eigenvalue weighted by Gasteiger charge is -1.94. The number of halogens is 4. The predicted octanol–water partition coefficient (Wildman–Crippen LogP) is 4.99. The Balaban J connectivity index is 0.000000316. The Bertz CT molecular complexity index is 1790. The Morgan fingerprint density at radius 3 is 1.48 bits per heavy atom. The molecular weight excluding hydrogens is 750 g/mol. The van der Waals surface area contributed by atoms with Gasteiger partial charge in [0.15, 0.2) is 17.4 Å². The van der Waals surface area contributed by atoms with E-state index in [2.05, 4.69) is 54.4 Å². The first-order valence-electron chi connectivity index (χ1n) is 12.8. The first-order valence-corrected chi connectivity index (χ1v) is 16.7. The summed E-state index contributed by atoms with van der Waals surface area (Å²) < 4.78 is 35.8. The Labute approximate surface area is 302 Å². The standard InChI is InChI=1S/2C8H6ClN3.C6H9NO3S.C5H6ClNO3S.CH4.ClH/c2*9-8-10-7(11-12-8)6-4-2-1-3-5-6;1-4-6(11-10-8-3)5(2)9-7-4;1-3-5(11(6,8)9)4(2)10-7-3;;/h2*1-5H,(H,10,11,12);1-3H3;1-2H3;1H4;1H/p-1. The minimum absolute atomic E-state index is 0. The lowest BCUT2D eigenvalue weighted by atomic mass is 10.2.